The van der Waals surface area contributed by atoms with Gasteiger partial charge in [-0.25, -0.2) is 4.98 Å². The van der Waals surface area contributed by atoms with Crippen LogP contribution in [0, 0.1) is 0 Å². The standard InChI is InChI=1S/C21H22N4O3/c1-28-15-10-8-14(9-11-15)22-21(27)18-7-4-12-25(18)13-19-23-17-6-3-2-5-16(17)20(26)24-19/h2-3,5-6,8-11,18H,4,7,12-13H2,1H3,(H,22,27)(H,23,24,26). The maximum absolute atomic E-state index is 12.8. The molecule has 144 valence electrons. The van der Waals surface area contributed by atoms with Gasteiger partial charge < -0.3 is 15.0 Å². The molecule has 1 saturated heterocycles. The fourth-order valence-electron chi connectivity index (χ4n) is 3.61. The van der Waals surface area contributed by atoms with E-state index < -0.39 is 0 Å². The summed E-state index contributed by atoms with van der Waals surface area (Å²) in [5.74, 6) is 1.27. The molecule has 0 radical (unpaired) electrons. The number of fused-ring (bicyclic) bond motifs is 1. The number of rotatable bonds is 5. The van der Waals surface area contributed by atoms with Crippen LogP contribution in [0.25, 0.3) is 10.9 Å². The van der Waals surface area contributed by atoms with Gasteiger partial charge in [0.1, 0.15) is 11.6 Å². The zero-order valence-corrected chi connectivity index (χ0v) is 15.6. The van der Waals surface area contributed by atoms with Gasteiger partial charge in [0, 0.05) is 5.69 Å². The van der Waals surface area contributed by atoms with Crippen molar-refractivity contribution in [2.75, 3.05) is 19.0 Å². The van der Waals surface area contributed by atoms with Crippen LogP contribution >= 0.6 is 0 Å². The molecule has 2 N–H and O–H groups in total. The Bertz CT molecular complexity index is 1050. The summed E-state index contributed by atoms with van der Waals surface area (Å²) in [4.78, 5) is 34.5. The number of aromatic nitrogens is 2. The summed E-state index contributed by atoms with van der Waals surface area (Å²) >= 11 is 0. The first kappa shape index (κ1) is 18.2. The Balaban J connectivity index is 1.48. The fourth-order valence-corrected chi connectivity index (χ4v) is 3.61. The molecular formula is C21H22N4O3. The molecule has 2 heterocycles. The second-order valence-corrected chi connectivity index (χ2v) is 6.88. The van der Waals surface area contributed by atoms with Gasteiger partial charge >= 0.3 is 0 Å². The molecule has 1 aromatic heterocycles. The number of hydrogen-bond donors (Lipinski definition) is 2. The minimum atomic E-state index is -0.251. The summed E-state index contributed by atoms with van der Waals surface area (Å²) in [5.41, 5.74) is 1.24. The molecule has 0 bridgehead atoms. The zero-order chi connectivity index (χ0) is 19.5. The number of anilines is 1. The van der Waals surface area contributed by atoms with E-state index in [1.807, 2.05) is 42.5 Å². The summed E-state index contributed by atoms with van der Waals surface area (Å²) in [6.45, 7) is 1.22. The van der Waals surface area contributed by atoms with Gasteiger partial charge in [0.15, 0.2) is 0 Å². The van der Waals surface area contributed by atoms with Crippen molar-refractivity contribution in [3.8, 4) is 5.75 Å². The van der Waals surface area contributed by atoms with Crippen LogP contribution in [0.4, 0.5) is 5.69 Å². The molecule has 0 spiro atoms. The molecule has 3 aromatic rings. The van der Waals surface area contributed by atoms with Gasteiger partial charge in [0.2, 0.25) is 5.91 Å². The summed E-state index contributed by atoms with van der Waals surface area (Å²) in [6.07, 6.45) is 1.71. The van der Waals surface area contributed by atoms with Crippen LogP contribution in [0.3, 0.4) is 0 Å². The van der Waals surface area contributed by atoms with Crippen molar-refractivity contribution in [2.45, 2.75) is 25.4 Å². The number of hydrogen-bond acceptors (Lipinski definition) is 5. The van der Waals surface area contributed by atoms with Crippen LogP contribution in [0.2, 0.25) is 0 Å². The normalized spacial score (nSPS) is 17.0. The van der Waals surface area contributed by atoms with Gasteiger partial charge in [-0.15, -0.1) is 0 Å². The molecule has 4 rings (SSSR count). The van der Waals surface area contributed by atoms with Gasteiger partial charge in [0.25, 0.3) is 5.56 Å². The van der Waals surface area contributed by atoms with E-state index in [0.29, 0.717) is 23.3 Å². The summed E-state index contributed by atoms with van der Waals surface area (Å²) < 4.78 is 5.14. The van der Waals surface area contributed by atoms with Crippen LogP contribution < -0.4 is 15.6 Å². The number of benzene rings is 2. The van der Waals surface area contributed by atoms with Crippen molar-refractivity contribution >= 4 is 22.5 Å². The molecule has 1 amide bonds. The van der Waals surface area contributed by atoms with Crippen LogP contribution in [0.1, 0.15) is 18.7 Å². The van der Waals surface area contributed by atoms with E-state index in [2.05, 4.69) is 20.2 Å². The number of carbonyl (C=O) groups excluding carboxylic acids is 1. The van der Waals surface area contributed by atoms with Gasteiger partial charge in [-0.1, -0.05) is 12.1 Å². The number of likely N-dealkylation sites (tertiary alicyclic amines) is 1. The Morgan fingerprint density at radius 3 is 2.82 bits per heavy atom. The fraction of sp³-hybridized carbons (Fsp3) is 0.286. The lowest BCUT2D eigenvalue weighted by Gasteiger charge is -2.23. The first-order valence-electron chi connectivity index (χ1n) is 9.31. The van der Waals surface area contributed by atoms with Crippen LogP contribution in [-0.2, 0) is 11.3 Å². The number of nitrogens with zero attached hydrogens (tertiary/aromatic N) is 2. The molecule has 2 aromatic carbocycles. The van der Waals surface area contributed by atoms with Gasteiger partial charge in [-0.2, -0.15) is 0 Å². The Morgan fingerprint density at radius 2 is 2.04 bits per heavy atom. The monoisotopic (exact) mass is 378 g/mol. The maximum atomic E-state index is 12.8. The molecule has 1 atom stereocenters. The van der Waals surface area contributed by atoms with Crippen molar-refractivity contribution in [2.24, 2.45) is 0 Å². The van der Waals surface area contributed by atoms with E-state index in [1.165, 1.54) is 0 Å². The molecule has 7 heteroatoms. The number of aromatic amines is 1. The summed E-state index contributed by atoms with van der Waals surface area (Å²) in [7, 11) is 1.61. The lowest BCUT2D eigenvalue weighted by molar-refractivity contribution is -0.120. The summed E-state index contributed by atoms with van der Waals surface area (Å²) in [5, 5.41) is 3.53. The molecular weight excluding hydrogens is 356 g/mol. The van der Waals surface area contributed by atoms with E-state index in [1.54, 1.807) is 13.2 Å². The maximum Gasteiger partial charge on any atom is 0.258 e. The van der Waals surface area contributed by atoms with Gasteiger partial charge in [0.05, 0.1) is 30.6 Å². The zero-order valence-electron chi connectivity index (χ0n) is 15.6. The topological polar surface area (TPSA) is 87.3 Å². The highest BCUT2D eigenvalue weighted by Crippen LogP contribution is 2.22. The van der Waals surface area contributed by atoms with E-state index in [0.717, 1.165) is 30.8 Å². The number of H-pyrrole nitrogens is 1. The predicted octanol–water partition coefficient (Wildman–Crippen LogP) is 2.53. The minimum absolute atomic E-state index is 0.0502. The third kappa shape index (κ3) is 3.75. The number of ether oxygens (including phenoxy) is 1. The second-order valence-electron chi connectivity index (χ2n) is 6.88. The largest absolute Gasteiger partial charge is 0.497 e. The van der Waals surface area contributed by atoms with Crippen molar-refractivity contribution in [1.29, 1.82) is 0 Å². The third-order valence-electron chi connectivity index (χ3n) is 5.04. The molecule has 1 aliphatic heterocycles. The van der Waals surface area contributed by atoms with Crippen molar-refractivity contribution in [3.63, 3.8) is 0 Å². The van der Waals surface area contributed by atoms with E-state index in [-0.39, 0.29) is 17.5 Å². The summed E-state index contributed by atoms with van der Waals surface area (Å²) in [6, 6.07) is 14.3. The SMILES string of the molecule is COc1ccc(NC(=O)C2CCCN2Cc2nc3ccccc3c(=O)[nH]2)cc1. The van der Waals surface area contributed by atoms with E-state index >= 15 is 0 Å². The highest BCUT2D eigenvalue weighted by molar-refractivity contribution is 5.95. The van der Waals surface area contributed by atoms with Crippen LogP contribution in [0.15, 0.2) is 53.3 Å². The molecule has 1 unspecified atom stereocenters. The van der Waals surface area contributed by atoms with Gasteiger partial charge in [-0.3, -0.25) is 14.5 Å². The molecule has 7 nitrogen and oxygen atoms in total. The average Bonchev–Trinajstić information content (AvgIpc) is 3.17. The van der Waals surface area contributed by atoms with Crippen molar-refractivity contribution < 1.29 is 9.53 Å². The molecule has 28 heavy (non-hydrogen) atoms. The lowest BCUT2D eigenvalue weighted by Crippen LogP contribution is -2.39. The first-order chi connectivity index (χ1) is 13.6. The van der Waals surface area contributed by atoms with Crippen molar-refractivity contribution in [1.82, 2.24) is 14.9 Å². The minimum Gasteiger partial charge on any atom is -0.497 e. The van der Waals surface area contributed by atoms with Crippen LogP contribution in [0.5, 0.6) is 5.75 Å². The molecule has 1 aliphatic rings. The quantitative estimate of drug-likeness (QED) is 0.712. The second kappa shape index (κ2) is 7.82. The Labute approximate surface area is 162 Å². The highest BCUT2D eigenvalue weighted by Gasteiger charge is 2.31. The average molecular weight is 378 g/mol. The first-order valence-corrected chi connectivity index (χ1v) is 9.31. The van der Waals surface area contributed by atoms with E-state index in [9.17, 15) is 9.59 Å². The van der Waals surface area contributed by atoms with Gasteiger partial charge in [-0.05, 0) is 55.8 Å². The Kier molecular flexibility index (Phi) is 5.08. The van der Waals surface area contributed by atoms with Crippen LogP contribution in [-0.4, -0.2) is 40.5 Å². The predicted molar refractivity (Wildman–Crippen MR) is 107 cm³/mol. The molecule has 1 fully saturated rings. The number of methoxy groups -OCH3 is 1. The Morgan fingerprint density at radius 1 is 1.25 bits per heavy atom. The lowest BCUT2D eigenvalue weighted by atomic mass is 10.2. The number of carbonyl (C=O) groups is 1. The highest BCUT2D eigenvalue weighted by atomic mass is 16.5. The third-order valence-corrected chi connectivity index (χ3v) is 5.04. The number of nitrogens with one attached hydrogen (secondary N) is 2. The van der Waals surface area contributed by atoms with E-state index in [4.69, 9.17) is 4.74 Å². The Hall–Kier alpha value is -3.19. The molecule has 0 saturated carbocycles. The molecule has 0 aliphatic carbocycles. The number of para-hydroxylation sites is 1. The smallest absolute Gasteiger partial charge is 0.258 e. The van der Waals surface area contributed by atoms with Crippen molar-refractivity contribution in [3.05, 3.63) is 64.7 Å². The number of amides is 1.